The van der Waals surface area contributed by atoms with Gasteiger partial charge in [-0.05, 0) is 55.2 Å². The first kappa shape index (κ1) is 17.3. The van der Waals surface area contributed by atoms with Crippen LogP contribution in [0, 0.1) is 12.7 Å². The van der Waals surface area contributed by atoms with Gasteiger partial charge in [-0.3, -0.25) is 4.79 Å². The maximum absolute atomic E-state index is 13.3. The molecule has 3 aromatic rings. The maximum atomic E-state index is 13.3. The number of amides is 1. The minimum Gasteiger partial charge on any atom is -0.423 e. The standard InChI is InChI=1S/C21H19FN2O3/c1-12-10-19(25)27-18-11-16(8-9-17(12)18)23-20(21(26)24-15-6-7-15)13-2-4-14(22)5-3-13/h2-5,8-11,15,20,23H,6-7H2,1H3,(H,24,26). The summed E-state index contributed by atoms with van der Waals surface area (Å²) < 4.78 is 18.6. The number of halogens is 1. The van der Waals surface area contributed by atoms with Crippen molar-refractivity contribution < 1.29 is 13.6 Å². The number of anilines is 1. The first-order chi connectivity index (χ1) is 13.0. The molecule has 1 atom stereocenters. The van der Waals surface area contributed by atoms with Gasteiger partial charge in [0.2, 0.25) is 5.91 Å². The smallest absolute Gasteiger partial charge is 0.336 e. The molecular weight excluding hydrogens is 347 g/mol. The Balaban J connectivity index is 1.67. The lowest BCUT2D eigenvalue weighted by molar-refractivity contribution is -0.122. The van der Waals surface area contributed by atoms with E-state index in [2.05, 4.69) is 10.6 Å². The lowest BCUT2D eigenvalue weighted by Gasteiger charge is -2.20. The van der Waals surface area contributed by atoms with Crippen LogP contribution in [-0.4, -0.2) is 11.9 Å². The normalized spacial score (nSPS) is 14.7. The van der Waals surface area contributed by atoms with Crippen molar-refractivity contribution in [3.05, 3.63) is 75.9 Å². The summed E-state index contributed by atoms with van der Waals surface area (Å²) in [7, 11) is 0. The molecule has 1 fully saturated rings. The van der Waals surface area contributed by atoms with E-state index in [-0.39, 0.29) is 17.8 Å². The molecule has 0 bridgehead atoms. The van der Waals surface area contributed by atoms with Gasteiger partial charge in [0.15, 0.2) is 0 Å². The Morgan fingerprint density at radius 1 is 1.15 bits per heavy atom. The van der Waals surface area contributed by atoms with Crippen LogP contribution in [0.4, 0.5) is 10.1 Å². The van der Waals surface area contributed by atoms with E-state index in [0.29, 0.717) is 16.8 Å². The molecule has 1 saturated carbocycles. The molecule has 1 heterocycles. The van der Waals surface area contributed by atoms with Gasteiger partial charge in [0.25, 0.3) is 0 Å². The first-order valence-corrected chi connectivity index (χ1v) is 8.86. The summed E-state index contributed by atoms with van der Waals surface area (Å²) in [6.07, 6.45) is 1.95. The fraction of sp³-hybridized carbons (Fsp3) is 0.238. The molecule has 2 aromatic carbocycles. The zero-order valence-electron chi connectivity index (χ0n) is 14.8. The molecule has 0 radical (unpaired) electrons. The zero-order valence-corrected chi connectivity index (χ0v) is 14.8. The fourth-order valence-electron chi connectivity index (χ4n) is 3.05. The summed E-state index contributed by atoms with van der Waals surface area (Å²) in [6, 6.07) is 12.2. The van der Waals surface area contributed by atoms with E-state index in [9.17, 15) is 14.0 Å². The van der Waals surface area contributed by atoms with Crippen LogP contribution in [0.15, 0.2) is 57.7 Å². The summed E-state index contributed by atoms with van der Waals surface area (Å²) in [5, 5.41) is 6.99. The van der Waals surface area contributed by atoms with E-state index in [1.54, 1.807) is 18.2 Å². The van der Waals surface area contributed by atoms with Crippen molar-refractivity contribution in [2.24, 2.45) is 0 Å². The molecule has 1 aliphatic carbocycles. The second-order valence-corrected chi connectivity index (χ2v) is 6.87. The first-order valence-electron chi connectivity index (χ1n) is 8.86. The number of hydrogen-bond donors (Lipinski definition) is 2. The third-order valence-corrected chi connectivity index (χ3v) is 4.65. The zero-order chi connectivity index (χ0) is 19.0. The Kier molecular flexibility index (Phi) is 4.39. The van der Waals surface area contributed by atoms with Crippen LogP contribution in [0.3, 0.4) is 0 Å². The topological polar surface area (TPSA) is 71.3 Å². The minimum atomic E-state index is -0.680. The lowest BCUT2D eigenvalue weighted by atomic mass is 10.0. The van der Waals surface area contributed by atoms with E-state index in [0.717, 1.165) is 23.8 Å². The summed E-state index contributed by atoms with van der Waals surface area (Å²) in [6.45, 7) is 1.84. The highest BCUT2D eigenvalue weighted by Crippen LogP contribution is 2.26. The third-order valence-electron chi connectivity index (χ3n) is 4.65. The highest BCUT2D eigenvalue weighted by molar-refractivity contribution is 5.88. The van der Waals surface area contributed by atoms with Crippen molar-refractivity contribution in [1.29, 1.82) is 0 Å². The monoisotopic (exact) mass is 366 g/mol. The van der Waals surface area contributed by atoms with Crippen LogP contribution in [0.5, 0.6) is 0 Å². The van der Waals surface area contributed by atoms with Gasteiger partial charge >= 0.3 is 5.63 Å². The van der Waals surface area contributed by atoms with Crippen LogP contribution in [0.25, 0.3) is 11.0 Å². The predicted molar refractivity (Wildman–Crippen MR) is 101 cm³/mol. The summed E-state index contributed by atoms with van der Waals surface area (Å²) in [5.74, 6) is -0.530. The summed E-state index contributed by atoms with van der Waals surface area (Å²) in [4.78, 5) is 24.4. The van der Waals surface area contributed by atoms with Gasteiger partial charge in [-0.15, -0.1) is 0 Å². The molecule has 2 N–H and O–H groups in total. The molecule has 0 spiro atoms. The molecule has 1 aromatic heterocycles. The molecule has 0 saturated heterocycles. The van der Waals surface area contributed by atoms with Crippen molar-refractivity contribution in [3.8, 4) is 0 Å². The maximum Gasteiger partial charge on any atom is 0.336 e. The van der Waals surface area contributed by atoms with Crippen LogP contribution in [0.1, 0.15) is 30.0 Å². The molecule has 27 heavy (non-hydrogen) atoms. The molecule has 1 aliphatic rings. The van der Waals surface area contributed by atoms with Gasteiger partial charge in [-0.25, -0.2) is 9.18 Å². The highest BCUT2D eigenvalue weighted by Gasteiger charge is 2.28. The van der Waals surface area contributed by atoms with E-state index >= 15 is 0 Å². The number of carbonyl (C=O) groups excluding carboxylic acids is 1. The minimum absolute atomic E-state index is 0.171. The second-order valence-electron chi connectivity index (χ2n) is 6.87. The van der Waals surface area contributed by atoms with E-state index in [1.807, 2.05) is 19.1 Å². The van der Waals surface area contributed by atoms with E-state index in [1.165, 1.54) is 18.2 Å². The quantitative estimate of drug-likeness (QED) is 0.676. The number of hydrogen-bond acceptors (Lipinski definition) is 4. The van der Waals surface area contributed by atoms with Gasteiger partial charge in [-0.2, -0.15) is 0 Å². The molecular formula is C21H19FN2O3. The largest absolute Gasteiger partial charge is 0.423 e. The Hall–Kier alpha value is -3.15. The van der Waals surface area contributed by atoms with Gasteiger partial charge in [-0.1, -0.05) is 12.1 Å². The number of benzene rings is 2. The Morgan fingerprint density at radius 3 is 2.59 bits per heavy atom. The number of fused-ring (bicyclic) bond motifs is 1. The Morgan fingerprint density at radius 2 is 1.89 bits per heavy atom. The van der Waals surface area contributed by atoms with Crippen molar-refractivity contribution in [2.45, 2.75) is 31.8 Å². The lowest BCUT2D eigenvalue weighted by Crippen LogP contribution is -2.34. The molecule has 4 rings (SSSR count). The van der Waals surface area contributed by atoms with E-state index < -0.39 is 11.7 Å². The molecule has 1 unspecified atom stereocenters. The van der Waals surface area contributed by atoms with Gasteiger partial charge < -0.3 is 15.1 Å². The van der Waals surface area contributed by atoms with Gasteiger partial charge in [0.05, 0.1) is 0 Å². The summed E-state index contributed by atoms with van der Waals surface area (Å²) in [5.41, 5.74) is 2.15. The molecule has 1 amide bonds. The summed E-state index contributed by atoms with van der Waals surface area (Å²) >= 11 is 0. The van der Waals surface area contributed by atoms with Crippen molar-refractivity contribution in [2.75, 3.05) is 5.32 Å². The van der Waals surface area contributed by atoms with Gasteiger partial charge in [0.1, 0.15) is 17.4 Å². The number of carbonyl (C=O) groups is 1. The highest BCUT2D eigenvalue weighted by atomic mass is 19.1. The predicted octanol–water partition coefficient (Wildman–Crippen LogP) is 3.67. The number of rotatable bonds is 5. The van der Waals surface area contributed by atoms with Gasteiger partial charge in [0, 0.05) is 29.2 Å². The average Bonchev–Trinajstić information content (AvgIpc) is 3.44. The fourth-order valence-corrected chi connectivity index (χ4v) is 3.05. The van der Waals surface area contributed by atoms with Crippen molar-refractivity contribution >= 4 is 22.6 Å². The van der Waals surface area contributed by atoms with Crippen LogP contribution in [0.2, 0.25) is 0 Å². The van der Waals surface area contributed by atoms with Crippen LogP contribution < -0.4 is 16.3 Å². The Bertz CT molecular complexity index is 1060. The molecule has 6 heteroatoms. The van der Waals surface area contributed by atoms with Crippen LogP contribution in [-0.2, 0) is 4.79 Å². The average molecular weight is 366 g/mol. The van der Waals surface area contributed by atoms with Crippen LogP contribution >= 0.6 is 0 Å². The van der Waals surface area contributed by atoms with E-state index in [4.69, 9.17) is 4.42 Å². The SMILES string of the molecule is Cc1cc(=O)oc2cc(NC(C(=O)NC3CC3)c3ccc(F)cc3)ccc12. The number of aryl methyl sites for hydroxylation is 1. The molecule has 5 nitrogen and oxygen atoms in total. The molecule has 138 valence electrons. The molecule has 0 aliphatic heterocycles. The Labute approximate surface area is 155 Å². The number of nitrogens with one attached hydrogen (secondary N) is 2. The van der Waals surface area contributed by atoms with Crippen molar-refractivity contribution in [1.82, 2.24) is 5.32 Å². The second kappa shape index (κ2) is 6.87. The third kappa shape index (κ3) is 3.84. The van der Waals surface area contributed by atoms with Crippen molar-refractivity contribution in [3.63, 3.8) is 0 Å².